The van der Waals surface area contributed by atoms with E-state index >= 15 is 0 Å². The number of hydrogen-bond acceptors (Lipinski definition) is 4. The fourth-order valence-corrected chi connectivity index (χ4v) is 2.98. The van der Waals surface area contributed by atoms with E-state index in [1.54, 1.807) is 48.7 Å². The van der Waals surface area contributed by atoms with Crippen molar-refractivity contribution in [3.8, 4) is 6.07 Å². The van der Waals surface area contributed by atoms with Gasteiger partial charge in [-0.3, -0.25) is 14.0 Å². The molecule has 0 aliphatic heterocycles. The number of fused-ring (bicyclic) bond motifs is 1. The second kappa shape index (κ2) is 7.85. The minimum Gasteiger partial charge on any atom is -0.321 e. The summed E-state index contributed by atoms with van der Waals surface area (Å²) in [6.45, 7) is 0. The lowest BCUT2D eigenvalue weighted by Gasteiger charge is -2.04. The molecule has 0 saturated heterocycles. The molecule has 7 nitrogen and oxygen atoms in total. The quantitative estimate of drug-likeness (QED) is 0.544. The first-order valence-corrected chi connectivity index (χ1v) is 8.90. The Morgan fingerprint density at radius 1 is 0.933 bits per heavy atom. The molecule has 0 fully saturated rings. The number of amides is 2. The molecule has 0 aliphatic rings. The molecule has 0 spiro atoms. The first kappa shape index (κ1) is 18.8. The third-order valence-corrected chi connectivity index (χ3v) is 4.30. The Bertz CT molecular complexity index is 1320. The van der Waals surface area contributed by atoms with Crippen LogP contribution in [0.2, 0.25) is 0 Å². The number of nitrogens with one attached hydrogen (secondary N) is 2. The number of pyridine rings is 1. The maximum Gasteiger partial charge on any atom is 0.292 e. The topological polar surface area (TPSA) is 99.3 Å². The third-order valence-electron chi connectivity index (χ3n) is 4.30. The van der Waals surface area contributed by atoms with E-state index in [0.717, 1.165) is 0 Å². The second-order valence-electron chi connectivity index (χ2n) is 6.35. The minimum absolute atomic E-state index is 0.0224. The number of nitriles is 1. The third kappa shape index (κ3) is 3.72. The molecule has 0 aliphatic carbocycles. The molecule has 0 atom stereocenters. The zero-order valence-corrected chi connectivity index (χ0v) is 15.5. The van der Waals surface area contributed by atoms with Crippen LogP contribution in [0.3, 0.4) is 0 Å². The van der Waals surface area contributed by atoms with Crippen LogP contribution >= 0.6 is 0 Å². The van der Waals surface area contributed by atoms with Crippen molar-refractivity contribution in [2.24, 2.45) is 0 Å². The molecule has 2 aromatic carbocycles. The number of benzene rings is 2. The molecule has 0 unspecified atom stereocenters. The number of rotatable bonds is 4. The normalized spacial score (nSPS) is 10.4. The van der Waals surface area contributed by atoms with Gasteiger partial charge in [-0.05, 0) is 48.5 Å². The zero-order valence-electron chi connectivity index (χ0n) is 15.5. The summed E-state index contributed by atoms with van der Waals surface area (Å²) in [7, 11) is 0. The number of nitrogens with zero attached hydrogens (tertiary/aromatic N) is 3. The largest absolute Gasteiger partial charge is 0.321 e. The van der Waals surface area contributed by atoms with Crippen molar-refractivity contribution < 1.29 is 14.0 Å². The Labute approximate surface area is 170 Å². The molecule has 0 bridgehead atoms. The highest BCUT2D eigenvalue weighted by Crippen LogP contribution is 2.18. The SMILES string of the molecule is N#Cc1cccc(NC(=O)c2nc(C(=O)Nc3cccc(F)c3)n3ccccc23)c1. The molecule has 30 heavy (non-hydrogen) atoms. The van der Waals surface area contributed by atoms with E-state index in [2.05, 4.69) is 15.6 Å². The Morgan fingerprint density at radius 2 is 1.67 bits per heavy atom. The Hall–Kier alpha value is -4.51. The van der Waals surface area contributed by atoms with E-state index in [1.807, 2.05) is 6.07 Å². The monoisotopic (exact) mass is 399 g/mol. The Balaban J connectivity index is 1.67. The lowest BCUT2D eigenvalue weighted by molar-refractivity contribution is 0.101. The van der Waals surface area contributed by atoms with Crippen molar-refractivity contribution >= 4 is 28.7 Å². The first-order chi connectivity index (χ1) is 14.5. The fraction of sp³-hybridized carbons (Fsp3) is 0. The van der Waals surface area contributed by atoms with Gasteiger partial charge in [0.25, 0.3) is 11.8 Å². The molecular formula is C22H14FN5O2. The maximum atomic E-state index is 13.4. The molecule has 2 aromatic heterocycles. The van der Waals surface area contributed by atoms with Crippen LogP contribution in [-0.4, -0.2) is 21.2 Å². The number of anilines is 2. The van der Waals surface area contributed by atoms with Crippen LogP contribution in [0.4, 0.5) is 15.8 Å². The summed E-state index contributed by atoms with van der Waals surface area (Å²) >= 11 is 0. The summed E-state index contributed by atoms with van der Waals surface area (Å²) in [4.78, 5) is 29.8. The molecule has 2 N–H and O–H groups in total. The highest BCUT2D eigenvalue weighted by Gasteiger charge is 2.22. The van der Waals surface area contributed by atoms with Crippen molar-refractivity contribution in [3.05, 3.63) is 95.8 Å². The second-order valence-corrected chi connectivity index (χ2v) is 6.35. The molecule has 2 amide bonds. The van der Waals surface area contributed by atoms with Gasteiger partial charge >= 0.3 is 0 Å². The zero-order chi connectivity index (χ0) is 21.1. The summed E-state index contributed by atoms with van der Waals surface area (Å²) in [5.41, 5.74) is 1.57. The average Bonchev–Trinajstić information content (AvgIpc) is 3.14. The van der Waals surface area contributed by atoms with E-state index in [9.17, 15) is 14.0 Å². The maximum absolute atomic E-state index is 13.4. The summed E-state index contributed by atoms with van der Waals surface area (Å²) in [6.07, 6.45) is 1.61. The standard InChI is InChI=1S/C22H14FN5O2/c23-15-6-4-8-17(12-15)26-22(30)20-27-19(18-9-1-2-10-28(18)20)21(29)25-16-7-3-5-14(11-16)13-24/h1-12H,(H,25,29)(H,26,30). The van der Waals surface area contributed by atoms with E-state index < -0.39 is 17.6 Å². The molecule has 4 rings (SSSR count). The fourth-order valence-electron chi connectivity index (χ4n) is 2.98. The summed E-state index contributed by atoms with van der Waals surface area (Å²) in [5.74, 6) is -1.63. The van der Waals surface area contributed by atoms with Crippen LogP contribution in [0.25, 0.3) is 5.52 Å². The van der Waals surface area contributed by atoms with Crippen molar-refractivity contribution in [1.29, 1.82) is 5.26 Å². The lowest BCUT2D eigenvalue weighted by Crippen LogP contribution is -2.16. The molecule has 146 valence electrons. The van der Waals surface area contributed by atoms with Crippen LogP contribution in [0.5, 0.6) is 0 Å². The van der Waals surface area contributed by atoms with Crippen molar-refractivity contribution in [1.82, 2.24) is 9.38 Å². The van der Waals surface area contributed by atoms with Gasteiger partial charge in [-0.1, -0.05) is 18.2 Å². The van der Waals surface area contributed by atoms with E-state index in [4.69, 9.17) is 5.26 Å². The number of aromatic nitrogens is 2. The van der Waals surface area contributed by atoms with Gasteiger partial charge in [0.05, 0.1) is 17.1 Å². The van der Waals surface area contributed by atoms with Crippen molar-refractivity contribution in [2.75, 3.05) is 10.6 Å². The number of carbonyl (C=O) groups excluding carboxylic acids is 2. The molecule has 0 radical (unpaired) electrons. The van der Waals surface area contributed by atoms with Gasteiger partial charge in [-0.25, -0.2) is 9.37 Å². The van der Waals surface area contributed by atoms with Gasteiger partial charge in [-0.2, -0.15) is 5.26 Å². The first-order valence-electron chi connectivity index (χ1n) is 8.90. The number of hydrogen-bond donors (Lipinski definition) is 2. The molecule has 2 heterocycles. The van der Waals surface area contributed by atoms with Gasteiger partial charge in [0, 0.05) is 17.6 Å². The van der Waals surface area contributed by atoms with Gasteiger partial charge in [-0.15, -0.1) is 0 Å². The molecule has 0 saturated carbocycles. The number of imidazole rings is 1. The van der Waals surface area contributed by atoms with Crippen LogP contribution in [0.15, 0.2) is 72.9 Å². The number of halogens is 1. The predicted molar refractivity (Wildman–Crippen MR) is 109 cm³/mol. The molecular weight excluding hydrogens is 385 g/mol. The summed E-state index contributed by atoms with van der Waals surface area (Å²) < 4.78 is 14.9. The van der Waals surface area contributed by atoms with Gasteiger partial charge < -0.3 is 10.6 Å². The molecule has 8 heteroatoms. The van der Waals surface area contributed by atoms with Gasteiger partial charge in [0.1, 0.15) is 5.82 Å². The smallest absolute Gasteiger partial charge is 0.292 e. The predicted octanol–water partition coefficient (Wildman–Crippen LogP) is 3.85. The van der Waals surface area contributed by atoms with Crippen molar-refractivity contribution in [2.45, 2.75) is 0 Å². The Kier molecular flexibility index (Phi) is 4.93. The van der Waals surface area contributed by atoms with E-state index in [0.29, 0.717) is 16.8 Å². The van der Waals surface area contributed by atoms with E-state index in [1.165, 1.54) is 28.7 Å². The summed E-state index contributed by atoms with van der Waals surface area (Å²) in [5, 5.41) is 14.3. The van der Waals surface area contributed by atoms with Crippen LogP contribution in [-0.2, 0) is 0 Å². The van der Waals surface area contributed by atoms with Crippen molar-refractivity contribution in [3.63, 3.8) is 0 Å². The van der Waals surface area contributed by atoms with E-state index in [-0.39, 0.29) is 17.2 Å². The van der Waals surface area contributed by atoms with Gasteiger partial charge in [0.2, 0.25) is 5.82 Å². The summed E-state index contributed by atoms with van der Waals surface area (Å²) in [6, 6.07) is 19.0. The van der Waals surface area contributed by atoms with Crippen LogP contribution < -0.4 is 10.6 Å². The highest BCUT2D eigenvalue weighted by atomic mass is 19.1. The van der Waals surface area contributed by atoms with Gasteiger partial charge in [0.15, 0.2) is 5.69 Å². The Morgan fingerprint density at radius 3 is 2.43 bits per heavy atom. The molecule has 4 aromatic rings. The minimum atomic E-state index is -0.590. The highest BCUT2D eigenvalue weighted by molar-refractivity contribution is 6.10. The average molecular weight is 399 g/mol. The number of carbonyl (C=O) groups is 2. The lowest BCUT2D eigenvalue weighted by atomic mass is 10.2. The van der Waals surface area contributed by atoms with Crippen LogP contribution in [0.1, 0.15) is 26.7 Å². The van der Waals surface area contributed by atoms with Crippen LogP contribution in [0, 0.1) is 17.1 Å².